The molecule has 0 aromatic heterocycles. The quantitative estimate of drug-likeness (QED) is 0.773. The molecule has 1 aliphatic rings. The van der Waals surface area contributed by atoms with Gasteiger partial charge in [0, 0.05) is 19.1 Å². The van der Waals surface area contributed by atoms with Crippen LogP contribution in [0.15, 0.2) is 0 Å². The van der Waals surface area contributed by atoms with Crippen molar-refractivity contribution < 1.29 is 14.7 Å². The minimum atomic E-state index is -1.18. The van der Waals surface area contributed by atoms with Gasteiger partial charge in [-0.1, -0.05) is 13.3 Å². The average Bonchev–Trinajstić information content (AvgIpc) is 2.76. The molecule has 6 heteroatoms. The van der Waals surface area contributed by atoms with E-state index in [1.54, 1.807) is 11.8 Å². The lowest BCUT2D eigenvalue weighted by molar-refractivity contribution is -0.144. The Morgan fingerprint density at radius 2 is 2.10 bits per heavy atom. The molecule has 0 saturated carbocycles. The molecule has 0 aromatic carbocycles. The summed E-state index contributed by atoms with van der Waals surface area (Å²) in [7, 11) is 3.96. The zero-order valence-electron chi connectivity index (χ0n) is 13.0. The molecule has 116 valence electrons. The summed E-state index contributed by atoms with van der Waals surface area (Å²) >= 11 is 0. The summed E-state index contributed by atoms with van der Waals surface area (Å²) in [4.78, 5) is 27.6. The number of hydrogen-bond acceptors (Lipinski definition) is 3. The Kier molecular flexibility index (Phi) is 5.80. The van der Waals surface area contributed by atoms with E-state index >= 15 is 0 Å². The molecule has 0 aliphatic carbocycles. The lowest BCUT2D eigenvalue weighted by atomic mass is 9.96. The molecule has 1 heterocycles. The van der Waals surface area contributed by atoms with E-state index in [9.17, 15) is 14.7 Å². The number of nitrogens with one attached hydrogen (secondary N) is 1. The molecular weight excluding hydrogens is 258 g/mol. The highest BCUT2D eigenvalue weighted by atomic mass is 16.4. The van der Waals surface area contributed by atoms with Crippen molar-refractivity contribution in [3.05, 3.63) is 0 Å². The van der Waals surface area contributed by atoms with Gasteiger partial charge in [-0.2, -0.15) is 0 Å². The molecule has 1 aliphatic heterocycles. The van der Waals surface area contributed by atoms with Gasteiger partial charge in [-0.3, -0.25) is 0 Å². The van der Waals surface area contributed by atoms with Crippen LogP contribution in [0.4, 0.5) is 4.79 Å². The Morgan fingerprint density at radius 1 is 1.45 bits per heavy atom. The number of urea groups is 1. The first-order chi connectivity index (χ1) is 9.30. The molecule has 0 bridgehead atoms. The normalized spacial score (nSPS) is 21.9. The third-order valence-corrected chi connectivity index (χ3v) is 3.82. The van der Waals surface area contributed by atoms with Crippen molar-refractivity contribution in [2.24, 2.45) is 0 Å². The van der Waals surface area contributed by atoms with Crippen LogP contribution in [0.1, 0.15) is 39.5 Å². The summed E-state index contributed by atoms with van der Waals surface area (Å²) in [5, 5.41) is 12.0. The molecule has 0 aromatic rings. The van der Waals surface area contributed by atoms with Gasteiger partial charge in [0.15, 0.2) is 0 Å². The third-order valence-electron chi connectivity index (χ3n) is 3.82. The van der Waals surface area contributed by atoms with Crippen LogP contribution in [0.2, 0.25) is 0 Å². The molecule has 0 spiro atoms. The van der Waals surface area contributed by atoms with Crippen LogP contribution in [0.3, 0.4) is 0 Å². The van der Waals surface area contributed by atoms with Gasteiger partial charge < -0.3 is 20.2 Å². The Bertz CT molecular complexity index is 360. The molecule has 1 saturated heterocycles. The van der Waals surface area contributed by atoms with Crippen LogP contribution in [-0.4, -0.2) is 65.7 Å². The smallest absolute Gasteiger partial charge is 0.329 e. The highest BCUT2D eigenvalue weighted by Crippen LogP contribution is 2.20. The van der Waals surface area contributed by atoms with Crippen molar-refractivity contribution >= 4 is 12.0 Å². The second-order valence-electron chi connectivity index (χ2n) is 6.07. The Hall–Kier alpha value is -1.30. The maximum atomic E-state index is 12.4. The molecule has 6 nitrogen and oxygen atoms in total. The van der Waals surface area contributed by atoms with Crippen molar-refractivity contribution in [1.29, 1.82) is 0 Å². The Labute approximate surface area is 121 Å². The Morgan fingerprint density at radius 3 is 2.60 bits per heavy atom. The van der Waals surface area contributed by atoms with Gasteiger partial charge in [-0.05, 0) is 40.3 Å². The van der Waals surface area contributed by atoms with Crippen molar-refractivity contribution in [1.82, 2.24) is 15.1 Å². The summed E-state index contributed by atoms with van der Waals surface area (Å²) < 4.78 is 0. The van der Waals surface area contributed by atoms with E-state index in [-0.39, 0.29) is 12.1 Å². The highest BCUT2D eigenvalue weighted by Gasteiger charge is 2.37. The van der Waals surface area contributed by atoms with Gasteiger partial charge in [-0.25, -0.2) is 9.59 Å². The fourth-order valence-corrected chi connectivity index (χ4v) is 2.75. The van der Waals surface area contributed by atoms with Gasteiger partial charge in [-0.15, -0.1) is 0 Å². The van der Waals surface area contributed by atoms with Crippen molar-refractivity contribution in [3.8, 4) is 0 Å². The second-order valence-corrected chi connectivity index (χ2v) is 6.07. The van der Waals surface area contributed by atoms with Gasteiger partial charge in [0.05, 0.1) is 0 Å². The minimum Gasteiger partial charge on any atom is -0.480 e. The monoisotopic (exact) mass is 285 g/mol. The van der Waals surface area contributed by atoms with Gasteiger partial charge in [0.2, 0.25) is 0 Å². The van der Waals surface area contributed by atoms with E-state index in [2.05, 4.69) is 10.2 Å². The first-order valence-corrected chi connectivity index (χ1v) is 7.27. The topological polar surface area (TPSA) is 72.9 Å². The van der Waals surface area contributed by atoms with E-state index < -0.39 is 11.5 Å². The van der Waals surface area contributed by atoms with Crippen LogP contribution in [0.5, 0.6) is 0 Å². The maximum absolute atomic E-state index is 12.4. The van der Waals surface area contributed by atoms with Crippen LogP contribution in [0, 0.1) is 0 Å². The largest absolute Gasteiger partial charge is 0.480 e. The van der Waals surface area contributed by atoms with E-state index in [4.69, 9.17) is 0 Å². The molecule has 2 unspecified atom stereocenters. The third kappa shape index (κ3) is 4.10. The van der Waals surface area contributed by atoms with Gasteiger partial charge >= 0.3 is 12.0 Å². The summed E-state index contributed by atoms with van der Waals surface area (Å²) in [6.07, 6.45) is 3.09. The number of carboxylic acid groups (broad SMARTS) is 1. The predicted octanol–water partition coefficient (Wildman–Crippen LogP) is 1.37. The van der Waals surface area contributed by atoms with Crippen LogP contribution >= 0.6 is 0 Å². The summed E-state index contributed by atoms with van der Waals surface area (Å²) in [5.41, 5.74) is -1.18. The minimum absolute atomic E-state index is 0.171. The fourth-order valence-electron chi connectivity index (χ4n) is 2.75. The van der Waals surface area contributed by atoms with Crippen LogP contribution in [-0.2, 0) is 4.79 Å². The number of carbonyl (C=O) groups excluding carboxylic acids is 1. The predicted molar refractivity (Wildman–Crippen MR) is 77.8 cm³/mol. The lowest BCUT2D eigenvalue weighted by Gasteiger charge is -2.32. The molecule has 2 N–H and O–H groups in total. The summed E-state index contributed by atoms with van der Waals surface area (Å²) in [6.45, 7) is 5.00. The van der Waals surface area contributed by atoms with Gasteiger partial charge in [0.1, 0.15) is 5.54 Å². The standard InChI is InChI=1S/C14H27N3O3/c1-5-8-14(2,12(18)19)15-13(20)17-9-6-7-11(17)10-16(3)4/h11H,5-10H2,1-4H3,(H,15,20)(H,18,19). The molecule has 20 heavy (non-hydrogen) atoms. The average molecular weight is 285 g/mol. The maximum Gasteiger partial charge on any atom is 0.329 e. The first kappa shape index (κ1) is 16.8. The van der Waals surface area contributed by atoms with Crippen LogP contribution in [0.25, 0.3) is 0 Å². The molecular formula is C14H27N3O3. The fraction of sp³-hybridized carbons (Fsp3) is 0.857. The number of rotatable bonds is 6. The first-order valence-electron chi connectivity index (χ1n) is 7.27. The second kappa shape index (κ2) is 6.92. The van der Waals surface area contributed by atoms with Gasteiger partial charge in [0.25, 0.3) is 0 Å². The Balaban J connectivity index is 2.71. The number of aliphatic carboxylic acids is 1. The van der Waals surface area contributed by atoms with E-state index in [0.29, 0.717) is 19.4 Å². The zero-order valence-corrected chi connectivity index (χ0v) is 13.0. The molecule has 1 rings (SSSR count). The zero-order chi connectivity index (χ0) is 15.3. The number of amides is 2. The number of likely N-dealkylation sites (N-methyl/N-ethyl adjacent to an activating group) is 1. The van der Waals surface area contributed by atoms with Crippen molar-refractivity contribution in [2.45, 2.75) is 51.1 Å². The summed E-state index contributed by atoms with van der Waals surface area (Å²) in [5.74, 6) is -0.976. The number of likely N-dealkylation sites (tertiary alicyclic amines) is 1. The van der Waals surface area contributed by atoms with E-state index in [1.807, 2.05) is 21.0 Å². The number of carboxylic acids is 1. The lowest BCUT2D eigenvalue weighted by Crippen LogP contribution is -2.57. The van der Waals surface area contributed by atoms with Crippen molar-refractivity contribution in [2.75, 3.05) is 27.2 Å². The van der Waals surface area contributed by atoms with Crippen LogP contribution < -0.4 is 5.32 Å². The molecule has 2 atom stereocenters. The molecule has 2 amide bonds. The number of nitrogens with zero attached hydrogens (tertiary/aromatic N) is 2. The number of carbonyl (C=O) groups is 2. The highest BCUT2D eigenvalue weighted by molar-refractivity contribution is 5.86. The summed E-state index contributed by atoms with van der Waals surface area (Å²) in [6, 6.07) is -0.0858. The SMILES string of the molecule is CCCC(C)(NC(=O)N1CCCC1CN(C)C)C(=O)O. The molecule has 0 radical (unpaired) electrons. The van der Waals surface area contributed by atoms with E-state index in [0.717, 1.165) is 19.4 Å². The number of hydrogen-bond donors (Lipinski definition) is 2. The van der Waals surface area contributed by atoms with E-state index in [1.165, 1.54) is 0 Å². The van der Waals surface area contributed by atoms with Crippen molar-refractivity contribution in [3.63, 3.8) is 0 Å². The molecule has 1 fully saturated rings.